The lowest BCUT2D eigenvalue weighted by Gasteiger charge is -2.11. The molecule has 0 aliphatic rings. The van der Waals surface area contributed by atoms with Gasteiger partial charge in [0, 0.05) is 23.9 Å². The quantitative estimate of drug-likeness (QED) is 0.416. The summed E-state index contributed by atoms with van der Waals surface area (Å²) in [6.07, 6.45) is 0.987. The number of benzene rings is 1. The number of thiophene rings is 1. The number of hydrogen-bond acceptors (Lipinski definition) is 2. The molecule has 1 atom stereocenters. The second-order valence-corrected chi connectivity index (χ2v) is 6.33. The van der Waals surface area contributed by atoms with Gasteiger partial charge in [-0.3, -0.25) is 4.99 Å². The first-order chi connectivity index (χ1) is 10.1. The predicted molar refractivity (Wildman–Crippen MR) is 108 cm³/mol. The molecule has 1 unspecified atom stereocenters. The second kappa shape index (κ2) is 9.84. The van der Waals surface area contributed by atoms with Gasteiger partial charge in [-0.1, -0.05) is 42.8 Å². The van der Waals surface area contributed by atoms with Gasteiger partial charge in [-0.15, -0.1) is 35.3 Å². The lowest BCUT2D eigenvalue weighted by Crippen LogP contribution is -2.33. The molecule has 2 aromatic rings. The van der Waals surface area contributed by atoms with Crippen LogP contribution in [0.4, 0.5) is 0 Å². The van der Waals surface area contributed by atoms with Gasteiger partial charge in [-0.2, -0.15) is 0 Å². The van der Waals surface area contributed by atoms with Crippen LogP contribution < -0.4 is 11.1 Å². The van der Waals surface area contributed by atoms with Crippen molar-refractivity contribution in [3.05, 3.63) is 57.8 Å². The Morgan fingerprint density at radius 2 is 2.14 bits per heavy atom. The Kier molecular flexibility index (Phi) is 8.48. The molecule has 3 N–H and O–H groups in total. The number of nitrogens with one attached hydrogen (secondary N) is 1. The van der Waals surface area contributed by atoms with Crippen molar-refractivity contribution < 1.29 is 0 Å². The summed E-state index contributed by atoms with van der Waals surface area (Å²) in [5.74, 6) is 0.911. The van der Waals surface area contributed by atoms with Crippen molar-refractivity contribution >= 4 is 41.3 Å². The SMILES string of the molecule is Cc1cccc(C(C)CN=C(N)NCCc2cccs2)c1.I. The lowest BCUT2D eigenvalue weighted by atomic mass is 10.00. The third-order valence-electron chi connectivity index (χ3n) is 3.40. The van der Waals surface area contributed by atoms with Gasteiger partial charge in [0.15, 0.2) is 5.96 Å². The van der Waals surface area contributed by atoms with Crippen molar-refractivity contribution in [2.45, 2.75) is 26.2 Å². The van der Waals surface area contributed by atoms with E-state index in [1.165, 1.54) is 16.0 Å². The zero-order valence-electron chi connectivity index (χ0n) is 13.1. The van der Waals surface area contributed by atoms with E-state index in [2.05, 4.69) is 65.9 Å². The topological polar surface area (TPSA) is 50.4 Å². The summed E-state index contributed by atoms with van der Waals surface area (Å²) in [5, 5.41) is 5.27. The molecule has 0 aliphatic carbocycles. The van der Waals surface area contributed by atoms with Gasteiger partial charge < -0.3 is 11.1 Å². The molecule has 0 spiro atoms. The zero-order valence-corrected chi connectivity index (χ0v) is 16.2. The average Bonchev–Trinajstić information content (AvgIpc) is 2.98. The number of rotatable bonds is 6. The van der Waals surface area contributed by atoms with Gasteiger partial charge >= 0.3 is 0 Å². The van der Waals surface area contributed by atoms with E-state index in [0.29, 0.717) is 18.4 Å². The first-order valence-corrected chi connectivity index (χ1v) is 8.16. The smallest absolute Gasteiger partial charge is 0.188 e. The Balaban J connectivity index is 0.00000242. The number of aliphatic imine (C=N–C) groups is 1. The summed E-state index contributed by atoms with van der Waals surface area (Å²) in [7, 11) is 0. The van der Waals surface area contributed by atoms with Crippen LogP contribution >= 0.6 is 35.3 Å². The Labute approximate surface area is 154 Å². The third kappa shape index (κ3) is 6.36. The number of halogens is 1. The van der Waals surface area contributed by atoms with Crippen LogP contribution in [0.1, 0.15) is 28.8 Å². The van der Waals surface area contributed by atoms with Gasteiger partial charge in [0.2, 0.25) is 0 Å². The Morgan fingerprint density at radius 1 is 1.32 bits per heavy atom. The summed E-state index contributed by atoms with van der Waals surface area (Å²) in [6, 6.07) is 12.8. The second-order valence-electron chi connectivity index (χ2n) is 5.30. The van der Waals surface area contributed by atoms with Crippen LogP contribution in [0.15, 0.2) is 46.8 Å². The van der Waals surface area contributed by atoms with E-state index in [0.717, 1.165) is 13.0 Å². The number of aryl methyl sites for hydroxylation is 1. The highest BCUT2D eigenvalue weighted by molar-refractivity contribution is 14.0. The molecule has 1 aromatic carbocycles. The average molecular weight is 429 g/mol. The monoisotopic (exact) mass is 429 g/mol. The maximum absolute atomic E-state index is 5.91. The third-order valence-corrected chi connectivity index (χ3v) is 4.34. The van der Waals surface area contributed by atoms with Gasteiger partial charge in [0.05, 0.1) is 0 Å². The highest BCUT2D eigenvalue weighted by Crippen LogP contribution is 2.16. The predicted octanol–water partition coefficient (Wildman–Crippen LogP) is 3.93. The van der Waals surface area contributed by atoms with E-state index >= 15 is 0 Å². The van der Waals surface area contributed by atoms with E-state index in [1.54, 1.807) is 11.3 Å². The molecule has 0 aliphatic heterocycles. The molecule has 0 saturated carbocycles. The zero-order chi connectivity index (χ0) is 15.1. The van der Waals surface area contributed by atoms with Crippen molar-refractivity contribution in [2.75, 3.05) is 13.1 Å². The fraction of sp³-hybridized carbons (Fsp3) is 0.353. The number of nitrogens with zero attached hydrogens (tertiary/aromatic N) is 1. The molecule has 5 heteroatoms. The van der Waals surface area contributed by atoms with E-state index in [4.69, 9.17) is 5.73 Å². The summed E-state index contributed by atoms with van der Waals surface area (Å²) < 4.78 is 0. The van der Waals surface area contributed by atoms with Crippen LogP contribution in [0.5, 0.6) is 0 Å². The maximum Gasteiger partial charge on any atom is 0.188 e. The Morgan fingerprint density at radius 3 is 2.82 bits per heavy atom. The van der Waals surface area contributed by atoms with Crippen molar-refractivity contribution in [1.29, 1.82) is 0 Å². The molecule has 2 rings (SSSR count). The van der Waals surface area contributed by atoms with Crippen molar-refractivity contribution in [3.63, 3.8) is 0 Å². The summed E-state index contributed by atoms with van der Waals surface area (Å²) >= 11 is 1.77. The highest BCUT2D eigenvalue weighted by atomic mass is 127. The fourth-order valence-electron chi connectivity index (χ4n) is 2.14. The van der Waals surface area contributed by atoms with E-state index < -0.39 is 0 Å². The van der Waals surface area contributed by atoms with Crippen LogP contribution in [-0.4, -0.2) is 19.0 Å². The van der Waals surface area contributed by atoms with Crippen molar-refractivity contribution in [2.24, 2.45) is 10.7 Å². The van der Waals surface area contributed by atoms with E-state index in [-0.39, 0.29) is 24.0 Å². The van der Waals surface area contributed by atoms with Crippen LogP contribution in [0, 0.1) is 6.92 Å². The van der Waals surface area contributed by atoms with Crippen LogP contribution in [0.25, 0.3) is 0 Å². The van der Waals surface area contributed by atoms with Gasteiger partial charge in [0.1, 0.15) is 0 Å². The molecule has 1 aromatic heterocycles. The first kappa shape index (κ1) is 19.0. The normalized spacial score (nSPS) is 12.5. The standard InChI is InChI=1S/C17H23N3S.HI/c1-13-5-3-6-15(11-13)14(2)12-20-17(18)19-9-8-16-7-4-10-21-16;/h3-7,10-11,14H,8-9,12H2,1-2H3,(H3,18,19,20);1H. The van der Waals surface area contributed by atoms with Crippen LogP contribution in [-0.2, 0) is 6.42 Å². The fourth-order valence-corrected chi connectivity index (χ4v) is 2.85. The highest BCUT2D eigenvalue weighted by Gasteiger charge is 2.05. The molecule has 22 heavy (non-hydrogen) atoms. The van der Waals surface area contributed by atoms with Crippen molar-refractivity contribution in [1.82, 2.24) is 5.32 Å². The van der Waals surface area contributed by atoms with Crippen LogP contribution in [0.3, 0.4) is 0 Å². The van der Waals surface area contributed by atoms with Gasteiger partial charge in [-0.05, 0) is 30.4 Å². The Hall–Kier alpha value is -1.08. The molecule has 120 valence electrons. The van der Waals surface area contributed by atoms with Crippen LogP contribution in [0.2, 0.25) is 0 Å². The lowest BCUT2D eigenvalue weighted by molar-refractivity contribution is 0.762. The molecular weight excluding hydrogens is 405 g/mol. The Bertz CT molecular complexity index is 581. The molecule has 0 saturated heterocycles. The van der Waals surface area contributed by atoms with Gasteiger partial charge in [0.25, 0.3) is 0 Å². The van der Waals surface area contributed by atoms with Gasteiger partial charge in [-0.25, -0.2) is 0 Å². The molecule has 3 nitrogen and oxygen atoms in total. The minimum absolute atomic E-state index is 0. The molecule has 0 radical (unpaired) electrons. The van der Waals surface area contributed by atoms with Crippen molar-refractivity contribution in [3.8, 4) is 0 Å². The first-order valence-electron chi connectivity index (χ1n) is 7.28. The molecule has 0 amide bonds. The maximum atomic E-state index is 5.91. The summed E-state index contributed by atoms with van der Waals surface area (Å²) in [5.41, 5.74) is 8.50. The molecular formula is C17H24IN3S. The minimum atomic E-state index is 0. The van der Waals surface area contributed by atoms with E-state index in [9.17, 15) is 0 Å². The minimum Gasteiger partial charge on any atom is -0.370 e. The summed E-state index contributed by atoms with van der Waals surface area (Å²) in [4.78, 5) is 5.80. The number of nitrogens with two attached hydrogens (primary N) is 1. The molecule has 0 fully saturated rings. The molecule has 0 bridgehead atoms. The summed E-state index contributed by atoms with van der Waals surface area (Å²) in [6.45, 7) is 5.83. The molecule has 1 heterocycles. The largest absolute Gasteiger partial charge is 0.370 e. The van der Waals surface area contributed by atoms with E-state index in [1.807, 2.05) is 0 Å². The number of hydrogen-bond donors (Lipinski definition) is 2. The number of guanidine groups is 1.